The summed E-state index contributed by atoms with van der Waals surface area (Å²) < 4.78 is 15.3. The maximum absolute atomic E-state index is 6.57. The molecule has 0 amide bonds. The molecule has 0 N–H and O–H groups in total. The van der Waals surface area contributed by atoms with E-state index in [4.69, 9.17) is 19.5 Å². The molecule has 234 valence electrons. The van der Waals surface area contributed by atoms with Crippen LogP contribution in [-0.4, -0.2) is 27.1 Å². The summed E-state index contributed by atoms with van der Waals surface area (Å²) in [6.07, 6.45) is 6.35. The van der Waals surface area contributed by atoms with Gasteiger partial charge in [-0.15, -0.1) is 29.8 Å². The number of hydrogen-bond donors (Lipinski definition) is 0. The van der Waals surface area contributed by atoms with Gasteiger partial charge in [-0.05, 0) is 67.3 Å². The monoisotopic (exact) mass is 778 g/mol. The summed E-state index contributed by atoms with van der Waals surface area (Å²) in [6.45, 7) is 15.4. The Bertz CT molecular complexity index is 1930. The van der Waals surface area contributed by atoms with Crippen molar-refractivity contribution in [1.29, 1.82) is 0 Å². The zero-order chi connectivity index (χ0) is 30.8. The molecule has 3 heterocycles. The second kappa shape index (κ2) is 11.7. The fourth-order valence-electron chi connectivity index (χ4n) is 6.70. The summed E-state index contributed by atoms with van der Waals surface area (Å²) in [6, 6.07) is 26.6. The summed E-state index contributed by atoms with van der Waals surface area (Å²) in [7, 11) is 0. The Morgan fingerprint density at radius 2 is 1.80 bits per heavy atom. The summed E-state index contributed by atoms with van der Waals surface area (Å²) in [5, 5.41) is 2.31. The Kier molecular flexibility index (Phi) is 8.23. The van der Waals surface area contributed by atoms with Crippen molar-refractivity contribution in [1.82, 2.24) is 9.55 Å². The molecule has 0 radical (unpaired) electrons. The van der Waals surface area contributed by atoms with Crippen LogP contribution >= 0.6 is 0 Å². The number of fused-ring (bicyclic) bond motifs is 4. The fourth-order valence-corrected chi connectivity index (χ4v) is 6.70. The van der Waals surface area contributed by atoms with Gasteiger partial charge in [-0.3, -0.25) is 4.99 Å². The molecule has 2 atom stereocenters. The third-order valence-electron chi connectivity index (χ3n) is 9.30. The first-order chi connectivity index (χ1) is 21.0. The largest absolute Gasteiger partial charge is 2.00 e. The van der Waals surface area contributed by atoms with Crippen LogP contribution in [0.1, 0.15) is 95.4 Å². The molecule has 3 aromatic carbocycles. The Balaban J connectivity index is 0.00000357. The van der Waals surface area contributed by atoms with Crippen molar-refractivity contribution < 1.29 is 30.5 Å². The summed E-state index contributed by atoms with van der Waals surface area (Å²) in [5.41, 5.74) is 7.11. The molecular weight excluding hydrogens is 738 g/mol. The van der Waals surface area contributed by atoms with E-state index in [0.717, 1.165) is 51.8 Å². The molecule has 2 aromatic heterocycles. The van der Waals surface area contributed by atoms with Crippen LogP contribution in [0.5, 0.6) is 11.5 Å². The predicted molar refractivity (Wildman–Crippen MR) is 179 cm³/mol. The number of hydrogen-bond acceptors (Lipinski definition) is 4. The van der Waals surface area contributed by atoms with Crippen LogP contribution in [0.15, 0.2) is 65.8 Å². The third-order valence-corrected chi connectivity index (χ3v) is 9.30. The topological polar surface area (TPSA) is 48.6 Å². The van der Waals surface area contributed by atoms with Gasteiger partial charge >= 0.3 is 21.1 Å². The number of benzene rings is 3. The molecule has 2 aliphatic rings. The van der Waals surface area contributed by atoms with Gasteiger partial charge < -0.3 is 14.0 Å². The number of aromatic nitrogens is 2. The molecule has 1 aliphatic heterocycles. The number of nitrogens with zero attached hydrogens (tertiary/aromatic N) is 3. The van der Waals surface area contributed by atoms with Crippen LogP contribution < -0.4 is 4.74 Å². The second-order valence-electron chi connectivity index (χ2n) is 14.2. The molecule has 45 heavy (non-hydrogen) atoms. The first-order valence-corrected chi connectivity index (χ1v) is 15.9. The van der Waals surface area contributed by atoms with Gasteiger partial charge in [0.05, 0.1) is 11.6 Å². The number of pyridine rings is 1. The maximum Gasteiger partial charge on any atom is 2.00 e. The molecule has 5 aromatic rings. The van der Waals surface area contributed by atoms with Crippen LogP contribution in [0.3, 0.4) is 0 Å². The SMILES string of the molecule is Cc1cc(Oc2[c-]c(C3=N[C@H]4CCCC[C@]4(C)O3)cc(C(C)C)c2)[c-]c(-n2c3ccc(C(C)(C)C)cc3c3cccnc32)c1.[Pt+2]. The van der Waals surface area contributed by atoms with Gasteiger partial charge in [0.15, 0.2) is 0 Å². The standard InChI is InChI=1S/C39H41N3O2.Pt/c1-24(2)26-19-27(37-41-35-12-8-9-15-39(35,7)44-37)21-31(20-26)43-30-18-25(3)17-29(23-30)42-34-14-13-28(38(4,5)6)22-33(34)32-11-10-16-40-36(32)42;/h10-11,13-14,16-20,22,24,35H,8-9,12,15H2,1-7H3;/q-2;+2/t35-,39-;/m0./s1. The number of aliphatic imine (C=N–C) groups is 1. The number of aryl methyl sites for hydroxylation is 1. The quantitative estimate of drug-likeness (QED) is 0.167. The van der Waals surface area contributed by atoms with Crippen molar-refractivity contribution in [2.24, 2.45) is 4.99 Å². The van der Waals surface area contributed by atoms with E-state index in [-0.39, 0.29) is 38.1 Å². The van der Waals surface area contributed by atoms with E-state index in [0.29, 0.717) is 23.3 Å². The molecule has 0 bridgehead atoms. The van der Waals surface area contributed by atoms with Crippen molar-refractivity contribution in [3.8, 4) is 17.2 Å². The average molecular weight is 779 g/mol. The van der Waals surface area contributed by atoms with E-state index in [1.165, 1.54) is 23.8 Å². The molecule has 1 saturated carbocycles. The van der Waals surface area contributed by atoms with Gasteiger partial charge in [0, 0.05) is 28.5 Å². The van der Waals surface area contributed by atoms with E-state index in [9.17, 15) is 0 Å². The average Bonchev–Trinajstić information content (AvgIpc) is 3.51. The molecule has 0 unspecified atom stereocenters. The van der Waals surface area contributed by atoms with Gasteiger partial charge in [-0.2, -0.15) is 5.56 Å². The first-order valence-electron chi connectivity index (χ1n) is 15.9. The fraction of sp³-hybridized carbons (Fsp3) is 0.385. The minimum absolute atomic E-state index is 0. The van der Waals surface area contributed by atoms with Gasteiger partial charge in [0.2, 0.25) is 0 Å². The molecule has 7 rings (SSSR count). The van der Waals surface area contributed by atoms with Gasteiger partial charge in [0.1, 0.15) is 17.1 Å². The minimum Gasteiger partial charge on any atom is -0.512 e. The molecule has 0 saturated heterocycles. The van der Waals surface area contributed by atoms with Crippen molar-refractivity contribution in [2.75, 3.05) is 0 Å². The van der Waals surface area contributed by atoms with Crippen LogP contribution in [0.4, 0.5) is 0 Å². The second-order valence-corrected chi connectivity index (χ2v) is 14.2. The Hall–Kier alpha value is -3.43. The Morgan fingerprint density at radius 3 is 2.56 bits per heavy atom. The smallest absolute Gasteiger partial charge is 0.512 e. The van der Waals surface area contributed by atoms with Gasteiger partial charge in [-0.25, -0.2) is 4.98 Å². The van der Waals surface area contributed by atoms with E-state index in [1.807, 2.05) is 18.3 Å². The van der Waals surface area contributed by atoms with Gasteiger partial charge in [0.25, 0.3) is 0 Å². The zero-order valence-corrected chi connectivity index (χ0v) is 29.5. The first kappa shape index (κ1) is 31.5. The Labute approximate surface area is 281 Å². The predicted octanol–water partition coefficient (Wildman–Crippen LogP) is 9.78. The third kappa shape index (κ3) is 5.85. The molecule has 0 spiro atoms. The molecule has 1 aliphatic carbocycles. The maximum atomic E-state index is 6.57. The molecule has 1 fully saturated rings. The zero-order valence-electron chi connectivity index (χ0n) is 27.2. The van der Waals surface area contributed by atoms with Crippen LogP contribution in [0.2, 0.25) is 0 Å². The number of ether oxygens (including phenoxy) is 2. The summed E-state index contributed by atoms with van der Waals surface area (Å²) >= 11 is 0. The van der Waals surface area contributed by atoms with Gasteiger partial charge in [-0.1, -0.05) is 77.4 Å². The Morgan fingerprint density at radius 1 is 1.00 bits per heavy atom. The van der Waals surface area contributed by atoms with E-state index in [1.54, 1.807) is 0 Å². The summed E-state index contributed by atoms with van der Waals surface area (Å²) in [4.78, 5) is 9.85. The molecule has 6 heteroatoms. The minimum atomic E-state index is -0.223. The van der Waals surface area contributed by atoms with Crippen molar-refractivity contribution >= 4 is 27.8 Å². The van der Waals surface area contributed by atoms with Crippen molar-refractivity contribution in [3.05, 3.63) is 95.2 Å². The molecule has 5 nitrogen and oxygen atoms in total. The van der Waals surface area contributed by atoms with Crippen molar-refractivity contribution in [2.45, 2.75) is 97.1 Å². The van der Waals surface area contributed by atoms with E-state index in [2.05, 4.69) is 108 Å². The summed E-state index contributed by atoms with van der Waals surface area (Å²) in [5.74, 6) is 2.27. The normalized spacial score (nSPS) is 19.7. The van der Waals surface area contributed by atoms with E-state index >= 15 is 0 Å². The van der Waals surface area contributed by atoms with Crippen molar-refractivity contribution in [3.63, 3.8) is 0 Å². The van der Waals surface area contributed by atoms with Crippen LogP contribution in [-0.2, 0) is 31.2 Å². The van der Waals surface area contributed by atoms with Crippen LogP contribution in [0, 0.1) is 19.1 Å². The van der Waals surface area contributed by atoms with E-state index < -0.39 is 0 Å². The molecular formula is C39H41N3O2Pt. The van der Waals surface area contributed by atoms with Crippen LogP contribution in [0.25, 0.3) is 27.6 Å². The number of rotatable bonds is 5.